The van der Waals surface area contributed by atoms with Crippen LogP contribution >= 0.6 is 47.1 Å². The molecule has 3 nitrogen and oxygen atoms in total. The maximum atomic E-state index is 4.23. The predicted molar refractivity (Wildman–Crippen MR) is 105 cm³/mol. The number of thiophene rings is 1. The van der Waals surface area contributed by atoms with Gasteiger partial charge >= 0.3 is 0 Å². The van der Waals surface area contributed by atoms with E-state index in [1.165, 1.54) is 15.3 Å². The number of thioether (sulfide) groups is 1. The number of hydrogen-bond donors (Lipinski definition) is 2. The minimum atomic E-state index is 0. The fraction of sp³-hybridized carbons (Fsp3) is 0.267. The van der Waals surface area contributed by atoms with E-state index in [4.69, 9.17) is 0 Å². The highest BCUT2D eigenvalue weighted by Gasteiger charge is 1.99. The van der Waals surface area contributed by atoms with Crippen LogP contribution < -0.4 is 10.6 Å². The second kappa shape index (κ2) is 10.1. The van der Waals surface area contributed by atoms with Gasteiger partial charge in [-0.05, 0) is 35.4 Å². The number of hydrogen-bond acceptors (Lipinski definition) is 3. The molecule has 21 heavy (non-hydrogen) atoms. The Bertz CT molecular complexity index is 539. The summed E-state index contributed by atoms with van der Waals surface area (Å²) >= 11 is 3.50. The average Bonchev–Trinajstić information content (AvgIpc) is 3.01. The van der Waals surface area contributed by atoms with Gasteiger partial charge in [0.2, 0.25) is 0 Å². The third-order valence-corrected chi connectivity index (χ3v) is 4.47. The molecule has 2 N–H and O–H groups in total. The van der Waals surface area contributed by atoms with Crippen molar-refractivity contribution in [1.82, 2.24) is 10.6 Å². The van der Waals surface area contributed by atoms with E-state index in [0.29, 0.717) is 0 Å². The van der Waals surface area contributed by atoms with Gasteiger partial charge in [0.1, 0.15) is 0 Å². The summed E-state index contributed by atoms with van der Waals surface area (Å²) in [6.07, 6.45) is 2.09. The number of halogens is 1. The van der Waals surface area contributed by atoms with Crippen LogP contribution in [0.5, 0.6) is 0 Å². The van der Waals surface area contributed by atoms with Crippen LogP contribution in [0.4, 0.5) is 0 Å². The Balaban J connectivity index is 0.00000220. The van der Waals surface area contributed by atoms with Gasteiger partial charge in [0, 0.05) is 23.4 Å². The zero-order valence-corrected chi connectivity index (χ0v) is 16.1. The molecule has 0 saturated heterocycles. The highest BCUT2D eigenvalue weighted by Crippen LogP contribution is 2.14. The van der Waals surface area contributed by atoms with E-state index in [2.05, 4.69) is 63.7 Å². The number of rotatable bonds is 5. The Morgan fingerprint density at radius 1 is 1.14 bits per heavy atom. The maximum absolute atomic E-state index is 4.23. The first-order chi connectivity index (χ1) is 9.81. The lowest BCUT2D eigenvalue weighted by atomic mass is 10.2. The Morgan fingerprint density at radius 2 is 1.86 bits per heavy atom. The number of aliphatic imine (C=N–C) groups is 1. The lowest BCUT2D eigenvalue weighted by molar-refractivity contribution is 0.815. The van der Waals surface area contributed by atoms with E-state index in [-0.39, 0.29) is 24.0 Å². The summed E-state index contributed by atoms with van der Waals surface area (Å²) in [6, 6.07) is 12.8. The lowest BCUT2D eigenvalue weighted by Gasteiger charge is -2.11. The third-order valence-electron chi connectivity index (χ3n) is 2.85. The summed E-state index contributed by atoms with van der Waals surface area (Å²) in [5, 5.41) is 8.72. The number of nitrogens with zero attached hydrogens (tertiary/aromatic N) is 1. The second-order valence-corrected chi connectivity index (χ2v) is 6.12. The fourth-order valence-electron chi connectivity index (χ4n) is 1.73. The standard InChI is InChI=1S/C15H19N3S2.HI/c1-16-15(18-11-14-4-3-9-20-14)17-10-12-5-7-13(19-2)8-6-12;/h3-9H,10-11H2,1-2H3,(H2,16,17,18);1H. The van der Waals surface area contributed by atoms with Gasteiger partial charge in [-0.2, -0.15) is 0 Å². The topological polar surface area (TPSA) is 36.4 Å². The molecule has 0 saturated carbocycles. The zero-order valence-electron chi connectivity index (χ0n) is 12.1. The molecule has 0 aliphatic heterocycles. The van der Waals surface area contributed by atoms with Crippen LogP contribution in [0.3, 0.4) is 0 Å². The van der Waals surface area contributed by atoms with Crippen molar-refractivity contribution < 1.29 is 0 Å². The average molecular weight is 433 g/mol. The van der Waals surface area contributed by atoms with E-state index in [9.17, 15) is 0 Å². The SMILES string of the molecule is CN=C(NCc1ccc(SC)cc1)NCc1cccs1.I. The molecule has 0 aliphatic carbocycles. The summed E-state index contributed by atoms with van der Waals surface area (Å²) in [5.41, 5.74) is 1.25. The van der Waals surface area contributed by atoms with Gasteiger partial charge in [0.15, 0.2) is 5.96 Å². The van der Waals surface area contributed by atoms with Crippen molar-refractivity contribution >= 4 is 53.0 Å². The molecule has 1 aromatic carbocycles. The molecular formula is C15H20IN3S2. The van der Waals surface area contributed by atoms with Crippen LogP contribution in [0.25, 0.3) is 0 Å². The van der Waals surface area contributed by atoms with Crippen LogP contribution in [0.1, 0.15) is 10.4 Å². The monoisotopic (exact) mass is 433 g/mol. The molecule has 2 rings (SSSR count). The van der Waals surface area contributed by atoms with Crippen molar-refractivity contribution in [3.05, 3.63) is 52.2 Å². The summed E-state index contributed by atoms with van der Waals surface area (Å²) in [7, 11) is 1.79. The molecule has 1 aromatic heterocycles. The van der Waals surface area contributed by atoms with Crippen LogP contribution in [0, 0.1) is 0 Å². The van der Waals surface area contributed by atoms with E-state index < -0.39 is 0 Å². The Labute approximate surface area is 151 Å². The molecule has 0 aliphatic rings. The molecule has 114 valence electrons. The molecule has 2 aromatic rings. The summed E-state index contributed by atoms with van der Waals surface area (Å²) in [5.74, 6) is 0.826. The lowest BCUT2D eigenvalue weighted by Crippen LogP contribution is -2.36. The minimum absolute atomic E-state index is 0. The van der Waals surface area contributed by atoms with Crippen molar-refractivity contribution in [1.29, 1.82) is 0 Å². The minimum Gasteiger partial charge on any atom is -0.352 e. The zero-order chi connectivity index (χ0) is 14.2. The predicted octanol–water partition coefficient (Wildman–Crippen LogP) is 3.95. The third kappa shape index (κ3) is 6.27. The highest BCUT2D eigenvalue weighted by atomic mass is 127. The Hall–Kier alpha value is -0.730. The van der Waals surface area contributed by atoms with Crippen LogP contribution in [0.15, 0.2) is 51.7 Å². The van der Waals surface area contributed by atoms with Gasteiger partial charge in [0.05, 0.1) is 6.54 Å². The van der Waals surface area contributed by atoms with E-state index in [1.54, 1.807) is 30.1 Å². The normalized spacial score (nSPS) is 10.9. The van der Waals surface area contributed by atoms with Crippen LogP contribution in [-0.4, -0.2) is 19.3 Å². The van der Waals surface area contributed by atoms with Crippen molar-refractivity contribution in [2.24, 2.45) is 4.99 Å². The molecule has 0 fully saturated rings. The highest BCUT2D eigenvalue weighted by molar-refractivity contribution is 14.0. The Kier molecular flexibility index (Phi) is 8.79. The van der Waals surface area contributed by atoms with Gasteiger partial charge in [0.25, 0.3) is 0 Å². The van der Waals surface area contributed by atoms with Crippen molar-refractivity contribution in [3.63, 3.8) is 0 Å². The number of nitrogens with one attached hydrogen (secondary N) is 2. The molecule has 1 heterocycles. The number of benzene rings is 1. The molecule has 0 amide bonds. The molecule has 0 radical (unpaired) electrons. The summed E-state index contributed by atoms with van der Waals surface area (Å²) < 4.78 is 0. The molecule has 6 heteroatoms. The van der Waals surface area contributed by atoms with Crippen molar-refractivity contribution in [2.45, 2.75) is 18.0 Å². The Morgan fingerprint density at radius 3 is 2.43 bits per heavy atom. The first-order valence-electron chi connectivity index (χ1n) is 6.41. The van der Waals surface area contributed by atoms with Crippen LogP contribution in [0.2, 0.25) is 0 Å². The van der Waals surface area contributed by atoms with Gasteiger partial charge in [-0.1, -0.05) is 18.2 Å². The van der Waals surface area contributed by atoms with E-state index in [1.807, 2.05) is 0 Å². The molecule has 0 atom stereocenters. The smallest absolute Gasteiger partial charge is 0.191 e. The van der Waals surface area contributed by atoms with Gasteiger partial charge in [-0.25, -0.2) is 0 Å². The quantitative estimate of drug-likeness (QED) is 0.325. The molecule has 0 spiro atoms. The summed E-state index contributed by atoms with van der Waals surface area (Å²) in [4.78, 5) is 6.82. The molecule has 0 bridgehead atoms. The largest absolute Gasteiger partial charge is 0.352 e. The molecular weight excluding hydrogens is 413 g/mol. The maximum Gasteiger partial charge on any atom is 0.191 e. The van der Waals surface area contributed by atoms with Gasteiger partial charge in [-0.15, -0.1) is 47.1 Å². The molecule has 0 unspecified atom stereocenters. The first kappa shape index (κ1) is 18.3. The van der Waals surface area contributed by atoms with E-state index >= 15 is 0 Å². The van der Waals surface area contributed by atoms with Gasteiger partial charge in [-0.3, -0.25) is 4.99 Å². The number of guanidine groups is 1. The first-order valence-corrected chi connectivity index (χ1v) is 8.52. The van der Waals surface area contributed by atoms with Crippen LogP contribution in [-0.2, 0) is 13.1 Å². The van der Waals surface area contributed by atoms with Crippen molar-refractivity contribution in [3.8, 4) is 0 Å². The van der Waals surface area contributed by atoms with Crippen molar-refractivity contribution in [2.75, 3.05) is 13.3 Å². The fourth-order valence-corrected chi connectivity index (χ4v) is 2.79. The second-order valence-electron chi connectivity index (χ2n) is 4.21. The van der Waals surface area contributed by atoms with Gasteiger partial charge < -0.3 is 10.6 Å². The summed E-state index contributed by atoms with van der Waals surface area (Å²) in [6.45, 7) is 1.58. The van der Waals surface area contributed by atoms with E-state index in [0.717, 1.165) is 19.0 Å².